The Morgan fingerprint density at radius 3 is 2.68 bits per heavy atom. The van der Waals surface area contributed by atoms with Gasteiger partial charge in [0.25, 0.3) is 0 Å². The molecule has 6 heteroatoms. The van der Waals surface area contributed by atoms with Gasteiger partial charge in [-0.25, -0.2) is 4.39 Å². The third-order valence-corrected chi connectivity index (χ3v) is 3.87. The van der Waals surface area contributed by atoms with E-state index in [9.17, 15) is 4.39 Å². The van der Waals surface area contributed by atoms with Gasteiger partial charge in [-0.05, 0) is 58.7 Å². The third-order valence-electron chi connectivity index (χ3n) is 2.99. The van der Waals surface area contributed by atoms with Crippen LogP contribution in [0.15, 0.2) is 34.8 Å². The summed E-state index contributed by atoms with van der Waals surface area (Å²) in [5.74, 6) is 0.904. The number of hydrogen-bond acceptors (Lipinski definition) is 3. The van der Waals surface area contributed by atoms with E-state index in [0.717, 1.165) is 15.7 Å². The van der Waals surface area contributed by atoms with Crippen LogP contribution in [-0.4, -0.2) is 13.7 Å². The van der Waals surface area contributed by atoms with Crippen molar-refractivity contribution in [3.05, 3.63) is 51.2 Å². The summed E-state index contributed by atoms with van der Waals surface area (Å²) in [7, 11) is 1.60. The third kappa shape index (κ3) is 4.05. The van der Waals surface area contributed by atoms with Gasteiger partial charge in [-0.3, -0.25) is 0 Å². The number of nitrogens with one attached hydrogen (secondary N) is 1. The first kappa shape index (κ1) is 16.9. The lowest BCUT2D eigenvalue weighted by molar-refractivity contribution is 0.309. The molecule has 1 N–H and O–H groups in total. The minimum atomic E-state index is -0.432. The molecule has 22 heavy (non-hydrogen) atoms. The molecule has 0 saturated carbocycles. The van der Waals surface area contributed by atoms with Gasteiger partial charge in [0.1, 0.15) is 5.82 Å². The normalized spacial score (nSPS) is 10.4. The maximum Gasteiger partial charge on any atom is 0.174 e. The monoisotopic (exact) mass is 387 g/mol. The number of rotatable bonds is 6. The lowest BCUT2D eigenvalue weighted by atomic mass is 10.2. The van der Waals surface area contributed by atoms with E-state index in [2.05, 4.69) is 21.2 Å². The first-order valence-electron chi connectivity index (χ1n) is 6.73. The molecule has 0 bridgehead atoms. The van der Waals surface area contributed by atoms with Crippen molar-refractivity contribution in [2.24, 2.45) is 0 Å². The van der Waals surface area contributed by atoms with Crippen molar-refractivity contribution in [3.63, 3.8) is 0 Å². The van der Waals surface area contributed by atoms with Crippen molar-refractivity contribution in [1.29, 1.82) is 0 Å². The second-order valence-electron chi connectivity index (χ2n) is 4.52. The molecule has 0 spiro atoms. The van der Waals surface area contributed by atoms with Crippen LogP contribution in [0.25, 0.3) is 0 Å². The van der Waals surface area contributed by atoms with E-state index in [1.807, 2.05) is 19.1 Å². The van der Waals surface area contributed by atoms with Crippen LogP contribution in [-0.2, 0) is 6.54 Å². The Kier molecular flexibility index (Phi) is 5.91. The smallest absolute Gasteiger partial charge is 0.174 e. The van der Waals surface area contributed by atoms with Crippen molar-refractivity contribution in [2.45, 2.75) is 13.5 Å². The molecule has 0 aliphatic rings. The van der Waals surface area contributed by atoms with Crippen molar-refractivity contribution in [1.82, 2.24) is 0 Å². The molecule has 118 valence electrons. The molecule has 0 unspecified atom stereocenters. The zero-order valence-electron chi connectivity index (χ0n) is 12.3. The molecule has 0 saturated heterocycles. The predicted octanol–water partition coefficient (Wildman–Crippen LogP) is 5.26. The first-order valence-corrected chi connectivity index (χ1v) is 7.90. The Bertz CT molecular complexity index is 667. The SMILES string of the molecule is CCOc1cc(CNc2ccc(F)c(Cl)c2)cc(Br)c1OC. The zero-order chi connectivity index (χ0) is 16.1. The minimum Gasteiger partial charge on any atom is -0.492 e. The molecule has 0 heterocycles. The molecule has 0 amide bonds. The van der Waals surface area contributed by atoms with Crippen LogP contribution in [0.5, 0.6) is 11.5 Å². The molecule has 0 aromatic heterocycles. The van der Waals surface area contributed by atoms with E-state index in [1.54, 1.807) is 19.2 Å². The molecule has 2 aromatic carbocycles. The fraction of sp³-hybridized carbons (Fsp3) is 0.250. The predicted molar refractivity (Wildman–Crippen MR) is 90.6 cm³/mol. The fourth-order valence-electron chi connectivity index (χ4n) is 1.99. The second-order valence-corrected chi connectivity index (χ2v) is 5.79. The van der Waals surface area contributed by atoms with Crippen molar-refractivity contribution < 1.29 is 13.9 Å². The Labute approximate surface area is 142 Å². The fourth-order valence-corrected chi connectivity index (χ4v) is 2.83. The van der Waals surface area contributed by atoms with Crippen LogP contribution in [0.4, 0.5) is 10.1 Å². The maximum absolute atomic E-state index is 13.1. The number of hydrogen-bond donors (Lipinski definition) is 1. The summed E-state index contributed by atoms with van der Waals surface area (Å²) >= 11 is 9.24. The number of benzene rings is 2. The molecular weight excluding hydrogens is 373 g/mol. The number of methoxy groups -OCH3 is 1. The van der Waals surface area contributed by atoms with Crippen molar-refractivity contribution >= 4 is 33.2 Å². The molecule has 2 rings (SSSR count). The standard InChI is InChI=1S/C16H16BrClFNO2/c1-3-22-15-7-10(6-12(17)16(15)21-2)9-20-11-4-5-14(19)13(18)8-11/h4-8,20H,3,9H2,1-2H3. The van der Waals surface area contributed by atoms with Gasteiger partial charge in [-0.15, -0.1) is 0 Å². The van der Waals surface area contributed by atoms with Gasteiger partial charge in [0.05, 0.1) is 23.2 Å². The number of anilines is 1. The average Bonchev–Trinajstić information content (AvgIpc) is 2.49. The second kappa shape index (κ2) is 7.70. The molecule has 0 aliphatic heterocycles. The summed E-state index contributed by atoms with van der Waals surface area (Å²) in [5, 5.41) is 3.29. The highest BCUT2D eigenvalue weighted by atomic mass is 79.9. The summed E-state index contributed by atoms with van der Waals surface area (Å²) in [6.07, 6.45) is 0. The molecule has 0 aliphatic carbocycles. The highest BCUT2D eigenvalue weighted by Crippen LogP contribution is 2.36. The van der Waals surface area contributed by atoms with E-state index in [0.29, 0.717) is 24.7 Å². The van der Waals surface area contributed by atoms with Crippen molar-refractivity contribution in [3.8, 4) is 11.5 Å². The molecule has 0 fully saturated rings. The molecule has 0 atom stereocenters. The van der Waals surface area contributed by atoms with Gasteiger partial charge in [0.2, 0.25) is 0 Å². The van der Waals surface area contributed by atoms with Gasteiger partial charge in [-0.2, -0.15) is 0 Å². The Hall–Kier alpha value is -1.46. The number of ether oxygens (including phenoxy) is 2. The van der Waals surface area contributed by atoms with E-state index in [-0.39, 0.29) is 5.02 Å². The average molecular weight is 389 g/mol. The summed E-state index contributed by atoms with van der Waals surface area (Å²) in [6.45, 7) is 3.01. The highest BCUT2D eigenvalue weighted by molar-refractivity contribution is 9.10. The lowest BCUT2D eigenvalue weighted by Crippen LogP contribution is -2.02. The quantitative estimate of drug-likeness (QED) is 0.732. The van der Waals surface area contributed by atoms with Crippen LogP contribution in [0.1, 0.15) is 12.5 Å². The topological polar surface area (TPSA) is 30.5 Å². The van der Waals surface area contributed by atoms with Gasteiger partial charge >= 0.3 is 0 Å². The number of halogens is 3. The van der Waals surface area contributed by atoms with E-state index >= 15 is 0 Å². The van der Waals surface area contributed by atoms with Gasteiger partial charge < -0.3 is 14.8 Å². The Balaban J connectivity index is 2.17. The summed E-state index contributed by atoms with van der Waals surface area (Å²) in [4.78, 5) is 0. The molecule has 3 nitrogen and oxygen atoms in total. The van der Waals surface area contributed by atoms with Crippen LogP contribution in [0.2, 0.25) is 5.02 Å². The van der Waals surface area contributed by atoms with Crippen LogP contribution >= 0.6 is 27.5 Å². The van der Waals surface area contributed by atoms with Gasteiger partial charge in [0, 0.05) is 12.2 Å². The van der Waals surface area contributed by atoms with Crippen LogP contribution in [0.3, 0.4) is 0 Å². The van der Waals surface area contributed by atoms with Crippen LogP contribution in [0, 0.1) is 5.82 Å². The summed E-state index contributed by atoms with van der Waals surface area (Å²) < 4.78 is 24.9. The van der Waals surface area contributed by atoms with Crippen molar-refractivity contribution in [2.75, 3.05) is 19.0 Å². The molecule has 0 radical (unpaired) electrons. The molecule has 2 aromatic rings. The van der Waals surface area contributed by atoms with E-state index < -0.39 is 5.82 Å². The van der Waals surface area contributed by atoms with Gasteiger partial charge in [0.15, 0.2) is 11.5 Å². The summed E-state index contributed by atoms with van der Waals surface area (Å²) in [5.41, 5.74) is 1.74. The largest absolute Gasteiger partial charge is 0.492 e. The lowest BCUT2D eigenvalue weighted by Gasteiger charge is -2.14. The van der Waals surface area contributed by atoms with E-state index in [4.69, 9.17) is 21.1 Å². The summed E-state index contributed by atoms with van der Waals surface area (Å²) in [6, 6.07) is 8.38. The zero-order valence-corrected chi connectivity index (χ0v) is 14.6. The Morgan fingerprint density at radius 1 is 1.27 bits per heavy atom. The Morgan fingerprint density at radius 2 is 2.05 bits per heavy atom. The van der Waals surface area contributed by atoms with Gasteiger partial charge in [-0.1, -0.05) is 11.6 Å². The maximum atomic E-state index is 13.1. The minimum absolute atomic E-state index is 0.0934. The van der Waals surface area contributed by atoms with E-state index in [1.165, 1.54) is 6.07 Å². The highest BCUT2D eigenvalue weighted by Gasteiger charge is 2.11. The first-order chi connectivity index (χ1) is 10.5. The van der Waals surface area contributed by atoms with Crippen LogP contribution < -0.4 is 14.8 Å². The molecular formula is C16H16BrClFNO2.